The van der Waals surface area contributed by atoms with Crippen molar-refractivity contribution in [3.05, 3.63) is 28.6 Å². The van der Waals surface area contributed by atoms with Crippen molar-refractivity contribution in [1.82, 2.24) is 4.90 Å². The third kappa shape index (κ3) is 4.45. The fourth-order valence-electron chi connectivity index (χ4n) is 2.08. The van der Waals surface area contributed by atoms with Gasteiger partial charge in [0.2, 0.25) is 0 Å². The number of nitrogens with zero attached hydrogens (tertiary/aromatic N) is 1. The molecule has 0 unspecified atom stereocenters. The van der Waals surface area contributed by atoms with Crippen LogP contribution in [0, 0.1) is 6.92 Å². The van der Waals surface area contributed by atoms with E-state index in [9.17, 15) is 9.59 Å². The minimum Gasteiger partial charge on any atom is -0.481 e. The summed E-state index contributed by atoms with van der Waals surface area (Å²) < 4.78 is 5.98. The van der Waals surface area contributed by atoms with Gasteiger partial charge in [-0.2, -0.15) is 0 Å². The minimum atomic E-state index is -0.790. The quantitative estimate of drug-likeness (QED) is 0.466. The Kier molecular flexibility index (Phi) is 5.79. The zero-order valence-electron chi connectivity index (χ0n) is 12.2. The summed E-state index contributed by atoms with van der Waals surface area (Å²) in [5, 5.41) is 8.58. The van der Waals surface area contributed by atoms with Crippen LogP contribution in [0.4, 0.5) is 0 Å². The number of rotatable bonds is 7. The van der Waals surface area contributed by atoms with E-state index < -0.39 is 5.97 Å². The number of unbranched alkanes of at least 4 members (excludes halogenated alkanes) is 2. The Bertz CT molecular complexity index is 621. The molecule has 22 heavy (non-hydrogen) atoms. The van der Waals surface area contributed by atoms with E-state index in [1.165, 1.54) is 11.8 Å². The largest absolute Gasteiger partial charge is 0.481 e. The Morgan fingerprint density at radius 2 is 2.18 bits per heavy atom. The lowest BCUT2D eigenvalue weighted by Crippen LogP contribution is -2.29. The van der Waals surface area contributed by atoms with Crippen molar-refractivity contribution >= 4 is 46.3 Å². The van der Waals surface area contributed by atoms with Gasteiger partial charge in [-0.1, -0.05) is 30.4 Å². The van der Waals surface area contributed by atoms with Crippen LogP contribution in [-0.2, 0) is 9.59 Å². The van der Waals surface area contributed by atoms with Gasteiger partial charge in [0, 0.05) is 19.0 Å². The van der Waals surface area contributed by atoms with Gasteiger partial charge in [-0.25, -0.2) is 0 Å². The second-order valence-electron chi connectivity index (χ2n) is 4.99. The van der Waals surface area contributed by atoms with E-state index in [0.717, 1.165) is 18.6 Å². The highest BCUT2D eigenvalue weighted by molar-refractivity contribution is 8.26. The molecular weight excluding hydrogens is 322 g/mol. The second-order valence-corrected chi connectivity index (χ2v) is 6.66. The lowest BCUT2D eigenvalue weighted by atomic mass is 10.2. The molecule has 0 bridgehead atoms. The molecule has 1 fully saturated rings. The number of aryl methyl sites for hydroxylation is 1. The van der Waals surface area contributed by atoms with E-state index in [2.05, 4.69) is 0 Å². The molecule has 1 aromatic rings. The Labute approximate surface area is 138 Å². The predicted octanol–water partition coefficient (Wildman–Crippen LogP) is 3.43. The number of thioether (sulfide) groups is 1. The molecule has 0 atom stereocenters. The first kappa shape index (κ1) is 16.8. The van der Waals surface area contributed by atoms with Gasteiger partial charge in [-0.15, -0.1) is 0 Å². The first-order chi connectivity index (χ1) is 10.5. The highest BCUT2D eigenvalue weighted by Gasteiger charge is 2.31. The van der Waals surface area contributed by atoms with Crippen molar-refractivity contribution in [3.8, 4) is 0 Å². The number of carboxylic acid groups (broad SMARTS) is 1. The number of carbonyl (C=O) groups excluding carboxylic acids is 1. The number of furan rings is 1. The van der Waals surface area contributed by atoms with E-state index in [1.54, 1.807) is 11.0 Å². The molecule has 2 heterocycles. The summed E-state index contributed by atoms with van der Waals surface area (Å²) in [4.78, 5) is 24.9. The highest BCUT2D eigenvalue weighted by Crippen LogP contribution is 2.33. The van der Waals surface area contributed by atoms with E-state index in [1.807, 2.05) is 19.1 Å². The zero-order valence-corrected chi connectivity index (χ0v) is 13.8. The molecule has 1 aromatic heterocycles. The molecule has 1 amide bonds. The van der Waals surface area contributed by atoms with Gasteiger partial charge in [0.1, 0.15) is 15.8 Å². The second kappa shape index (κ2) is 7.60. The van der Waals surface area contributed by atoms with Crippen molar-refractivity contribution in [2.24, 2.45) is 0 Å². The summed E-state index contributed by atoms with van der Waals surface area (Å²) in [6.07, 6.45) is 3.99. The first-order valence-electron chi connectivity index (χ1n) is 7.01. The molecule has 0 spiro atoms. The van der Waals surface area contributed by atoms with Gasteiger partial charge in [0.25, 0.3) is 5.91 Å². The summed E-state index contributed by atoms with van der Waals surface area (Å²) in [7, 11) is 0. The maximum Gasteiger partial charge on any atom is 0.303 e. The fraction of sp³-hybridized carbons (Fsp3) is 0.400. The highest BCUT2D eigenvalue weighted by atomic mass is 32.2. The van der Waals surface area contributed by atoms with Crippen LogP contribution in [0.15, 0.2) is 21.5 Å². The van der Waals surface area contributed by atoms with Crippen LogP contribution < -0.4 is 0 Å². The summed E-state index contributed by atoms with van der Waals surface area (Å²) in [5.41, 5.74) is 0. The first-order valence-corrected chi connectivity index (χ1v) is 8.23. The topological polar surface area (TPSA) is 70.8 Å². The molecule has 7 heteroatoms. The van der Waals surface area contributed by atoms with Crippen LogP contribution in [0.5, 0.6) is 0 Å². The minimum absolute atomic E-state index is 0.109. The maximum atomic E-state index is 12.3. The number of aliphatic carboxylic acids is 1. The van der Waals surface area contributed by atoms with Crippen LogP contribution in [0.25, 0.3) is 6.08 Å². The molecule has 2 rings (SSSR count). The van der Waals surface area contributed by atoms with Crippen LogP contribution in [0.3, 0.4) is 0 Å². The van der Waals surface area contributed by atoms with E-state index >= 15 is 0 Å². The third-order valence-corrected chi connectivity index (χ3v) is 4.56. The van der Waals surface area contributed by atoms with Crippen LogP contribution in [0.1, 0.15) is 37.2 Å². The molecule has 0 aliphatic carbocycles. The number of amides is 1. The van der Waals surface area contributed by atoms with Gasteiger partial charge in [0.15, 0.2) is 0 Å². The van der Waals surface area contributed by atoms with Crippen LogP contribution >= 0.6 is 24.0 Å². The Hall–Kier alpha value is -1.60. The van der Waals surface area contributed by atoms with Crippen molar-refractivity contribution in [2.45, 2.75) is 32.6 Å². The molecule has 0 radical (unpaired) electrons. The Balaban J connectivity index is 1.89. The molecule has 1 saturated heterocycles. The monoisotopic (exact) mass is 339 g/mol. The molecule has 5 nitrogen and oxygen atoms in total. The number of hydrogen-bond acceptors (Lipinski definition) is 5. The number of carboxylic acids is 1. The maximum absolute atomic E-state index is 12.3. The molecule has 1 aliphatic heterocycles. The van der Waals surface area contributed by atoms with Gasteiger partial charge < -0.3 is 9.52 Å². The molecule has 1 aliphatic rings. The van der Waals surface area contributed by atoms with Crippen molar-refractivity contribution in [1.29, 1.82) is 0 Å². The van der Waals surface area contributed by atoms with Crippen molar-refractivity contribution in [2.75, 3.05) is 6.54 Å². The average Bonchev–Trinajstić information content (AvgIpc) is 2.96. The number of hydrogen-bond donors (Lipinski definition) is 1. The summed E-state index contributed by atoms with van der Waals surface area (Å²) >= 11 is 6.51. The van der Waals surface area contributed by atoms with Gasteiger partial charge >= 0.3 is 5.97 Å². The number of thiocarbonyl (C=S) groups is 1. The standard InChI is InChI=1S/C15H17NO4S2/c1-10-6-7-11(20-10)9-12-14(19)16(15(21)22-12)8-4-2-3-5-13(17)18/h6-7,9H,2-5,8H2,1H3,(H,17,18)/b12-9+. The molecule has 118 valence electrons. The smallest absolute Gasteiger partial charge is 0.303 e. The molecular formula is C15H17NO4S2. The lowest BCUT2D eigenvalue weighted by molar-refractivity contribution is -0.137. The van der Waals surface area contributed by atoms with E-state index in [0.29, 0.717) is 28.0 Å². The van der Waals surface area contributed by atoms with Crippen molar-refractivity contribution < 1.29 is 19.1 Å². The van der Waals surface area contributed by atoms with Crippen LogP contribution in [-0.4, -0.2) is 32.7 Å². The Morgan fingerprint density at radius 1 is 1.41 bits per heavy atom. The number of carbonyl (C=O) groups is 2. The summed E-state index contributed by atoms with van der Waals surface area (Å²) in [5.74, 6) is 0.532. The van der Waals surface area contributed by atoms with Crippen molar-refractivity contribution in [3.63, 3.8) is 0 Å². The van der Waals surface area contributed by atoms with E-state index in [-0.39, 0.29) is 12.3 Å². The average molecular weight is 339 g/mol. The third-order valence-electron chi connectivity index (χ3n) is 3.18. The molecule has 0 saturated carbocycles. The fourth-order valence-corrected chi connectivity index (χ4v) is 3.36. The summed E-state index contributed by atoms with van der Waals surface area (Å²) in [6, 6.07) is 3.66. The molecule has 0 aromatic carbocycles. The zero-order chi connectivity index (χ0) is 16.1. The van der Waals surface area contributed by atoms with Gasteiger partial charge in [0.05, 0.1) is 4.91 Å². The predicted molar refractivity (Wildman–Crippen MR) is 89.4 cm³/mol. The normalized spacial score (nSPS) is 16.8. The van der Waals surface area contributed by atoms with Crippen LogP contribution in [0.2, 0.25) is 0 Å². The van der Waals surface area contributed by atoms with Gasteiger partial charge in [-0.05, 0) is 31.9 Å². The summed E-state index contributed by atoms with van der Waals surface area (Å²) in [6.45, 7) is 2.37. The molecule has 1 N–H and O–H groups in total. The lowest BCUT2D eigenvalue weighted by Gasteiger charge is -2.13. The van der Waals surface area contributed by atoms with E-state index in [4.69, 9.17) is 21.7 Å². The Morgan fingerprint density at radius 3 is 2.82 bits per heavy atom. The SMILES string of the molecule is Cc1ccc(/C=C2/SC(=S)N(CCCCCC(=O)O)C2=O)o1. The van der Waals surface area contributed by atoms with Gasteiger partial charge in [-0.3, -0.25) is 14.5 Å².